The first kappa shape index (κ1) is 14.9. The van der Waals surface area contributed by atoms with Gasteiger partial charge in [-0.25, -0.2) is 4.98 Å². The molecule has 1 saturated carbocycles. The second kappa shape index (κ2) is 6.77. The first-order valence-electron chi connectivity index (χ1n) is 7.57. The number of nitrogens with zero attached hydrogens (tertiary/aromatic N) is 2. The van der Waals surface area contributed by atoms with E-state index < -0.39 is 0 Å². The Labute approximate surface area is 121 Å². The van der Waals surface area contributed by atoms with Crippen molar-refractivity contribution in [2.45, 2.75) is 52.6 Å². The molecule has 0 spiro atoms. The highest BCUT2D eigenvalue weighted by atomic mass is 16.5. The first-order valence-corrected chi connectivity index (χ1v) is 7.57. The van der Waals surface area contributed by atoms with Crippen molar-refractivity contribution in [3.63, 3.8) is 0 Å². The Morgan fingerprint density at radius 3 is 2.90 bits per heavy atom. The van der Waals surface area contributed by atoms with Crippen molar-refractivity contribution >= 4 is 11.5 Å². The second-order valence-corrected chi connectivity index (χ2v) is 6.13. The summed E-state index contributed by atoms with van der Waals surface area (Å²) >= 11 is 0. The van der Waals surface area contributed by atoms with Crippen LogP contribution in [0.1, 0.15) is 46.5 Å². The van der Waals surface area contributed by atoms with Crippen LogP contribution in [0.3, 0.4) is 0 Å². The van der Waals surface area contributed by atoms with Gasteiger partial charge in [0.15, 0.2) is 5.82 Å². The van der Waals surface area contributed by atoms with Crippen LogP contribution in [0.25, 0.3) is 0 Å². The maximum absolute atomic E-state index is 6.06. The molecule has 1 aromatic heterocycles. The van der Waals surface area contributed by atoms with Gasteiger partial charge in [0, 0.05) is 6.54 Å². The van der Waals surface area contributed by atoms with Gasteiger partial charge in [0.1, 0.15) is 12.0 Å². The lowest BCUT2D eigenvalue weighted by molar-refractivity contribution is 0.234. The summed E-state index contributed by atoms with van der Waals surface area (Å²) in [7, 11) is 0. The third kappa shape index (κ3) is 3.99. The highest BCUT2D eigenvalue weighted by Gasteiger charge is 2.19. The summed E-state index contributed by atoms with van der Waals surface area (Å²) in [5.74, 6) is 2.70. The molecular weight excluding hydrogens is 252 g/mol. The minimum absolute atomic E-state index is 0.0549. The predicted octanol–water partition coefficient (Wildman–Crippen LogP) is 3.08. The molecule has 5 heteroatoms. The topological polar surface area (TPSA) is 73.1 Å². The van der Waals surface area contributed by atoms with Crippen molar-refractivity contribution in [2.24, 2.45) is 11.8 Å². The van der Waals surface area contributed by atoms with E-state index in [1.165, 1.54) is 32.0 Å². The Kier molecular flexibility index (Phi) is 5.04. The first-order chi connectivity index (χ1) is 9.56. The number of aromatic nitrogens is 2. The molecule has 3 N–H and O–H groups in total. The molecule has 1 aromatic rings. The summed E-state index contributed by atoms with van der Waals surface area (Å²) in [6.45, 7) is 7.17. The number of rotatable bonds is 5. The quantitative estimate of drug-likeness (QED) is 0.866. The van der Waals surface area contributed by atoms with Gasteiger partial charge in [-0.2, -0.15) is 4.98 Å². The van der Waals surface area contributed by atoms with Crippen LogP contribution in [-0.4, -0.2) is 22.6 Å². The van der Waals surface area contributed by atoms with Gasteiger partial charge in [0.05, 0.1) is 6.10 Å². The molecule has 0 aliphatic heterocycles. The molecular formula is C15H26N4O. The summed E-state index contributed by atoms with van der Waals surface area (Å²) in [6, 6.07) is 0. The van der Waals surface area contributed by atoms with E-state index in [0.717, 1.165) is 12.5 Å². The van der Waals surface area contributed by atoms with E-state index in [9.17, 15) is 0 Å². The monoisotopic (exact) mass is 278 g/mol. The minimum atomic E-state index is 0.0549. The molecule has 1 aliphatic carbocycles. The van der Waals surface area contributed by atoms with Crippen LogP contribution in [0.4, 0.5) is 11.5 Å². The van der Waals surface area contributed by atoms with Crippen LogP contribution >= 0.6 is 0 Å². The SMILES string of the molecule is CC1CCCC(CNc2ncnc(OC(C)C)c2N)C1. The summed E-state index contributed by atoms with van der Waals surface area (Å²) in [4.78, 5) is 8.31. The van der Waals surface area contributed by atoms with Crippen LogP contribution in [0.15, 0.2) is 6.33 Å². The molecule has 2 rings (SSSR count). The average Bonchev–Trinajstić information content (AvgIpc) is 2.39. The highest BCUT2D eigenvalue weighted by molar-refractivity contribution is 5.66. The smallest absolute Gasteiger partial charge is 0.242 e. The summed E-state index contributed by atoms with van der Waals surface area (Å²) in [5.41, 5.74) is 6.57. The molecule has 0 radical (unpaired) electrons. The fourth-order valence-electron chi connectivity index (χ4n) is 2.82. The maximum atomic E-state index is 6.06. The second-order valence-electron chi connectivity index (χ2n) is 6.13. The third-order valence-corrected chi connectivity index (χ3v) is 3.80. The fourth-order valence-corrected chi connectivity index (χ4v) is 2.82. The number of hydrogen-bond acceptors (Lipinski definition) is 5. The molecule has 20 heavy (non-hydrogen) atoms. The fraction of sp³-hybridized carbons (Fsp3) is 0.733. The maximum Gasteiger partial charge on any atom is 0.242 e. The van der Waals surface area contributed by atoms with E-state index in [0.29, 0.717) is 23.3 Å². The van der Waals surface area contributed by atoms with Crippen molar-refractivity contribution in [1.29, 1.82) is 0 Å². The number of anilines is 2. The van der Waals surface area contributed by atoms with Crippen LogP contribution in [0, 0.1) is 11.8 Å². The number of nitrogens with one attached hydrogen (secondary N) is 1. The van der Waals surface area contributed by atoms with Gasteiger partial charge < -0.3 is 15.8 Å². The zero-order valence-corrected chi connectivity index (χ0v) is 12.7. The lowest BCUT2D eigenvalue weighted by Gasteiger charge is -2.27. The lowest BCUT2D eigenvalue weighted by atomic mass is 9.82. The molecule has 5 nitrogen and oxygen atoms in total. The normalized spacial score (nSPS) is 22.8. The van der Waals surface area contributed by atoms with Crippen LogP contribution in [-0.2, 0) is 0 Å². The largest absolute Gasteiger partial charge is 0.473 e. The third-order valence-electron chi connectivity index (χ3n) is 3.80. The molecule has 0 saturated heterocycles. The Morgan fingerprint density at radius 1 is 1.40 bits per heavy atom. The minimum Gasteiger partial charge on any atom is -0.473 e. The van der Waals surface area contributed by atoms with E-state index in [4.69, 9.17) is 10.5 Å². The van der Waals surface area contributed by atoms with Gasteiger partial charge in [-0.15, -0.1) is 0 Å². The van der Waals surface area contributed by atoms with Crippen molar-refractivity contribution < 1.29 is 4.74 Å². The van der Waals surface area contributed by atoms with E-state index >= 15 is 0 Å². The van der Waals surface area contributed by atoms with Gasteiger partial charge in [-0.05, 0) is 38.5 Å². The average molecular weight is 278 g/mol. The standard InChI is InChI=1S/C15H26N4O/c1-10(2)20-15-13(16)14(18-9-19-15)17-8-12-6-4-5-11(3)7-12/h9-12H,4-8,16H2,1-3H3,(H,17,18,19). The molecule has 1 fully saturated rings. The molecule has 1 aliphatic rings. The highest BCUT2D eigenvalue weighted by Crippen LogP contribution is 2.30. The van der Waals surface area contributed by atoms with E-state index in [1.54, 1.807) is 0 Å². The molecule has 0 bridgehead atoms. The van der Waals surface area contributed by atoms with Gasteiger partial charge in [-0.3, -0.25) is 0 Å². The number of nitrogens with two attached hydrogens (primary N) is 1. The Bertz CT molecular complexity index is 436. The van der Waals surface area contributed by atoms with Crippen LogP contribution in [0.2, 0.25) is 0 Å². The molecule has 0 amide bonds. The Balaban J connectivity index is 1.95. The number of hydrogen-bond donors (Lipinski definition) is 2. The molecule has 2 atom stereocenters. The van der Waals surface area contributed by atoms with Crippen molar-refractivity contribution in [3.05, 3.63) is 6.33 Å². The van der Waals surface area contributed by atoms with Crippen LogP contribution < -0.4 is 15.8 Å². The zero-order chi connectivity index (χ0) is 14.5. The number of ether oxygens (including phenoxy) is 1. The summed E-state index contributed by atoms with van der Waals surface area (Å²) < 4.78 is 5.58. The molecule has 1 heterocycles. The molecule has 112 valence electrons. The number of nitrogen functional groups attached to an aromatic ring is 1. The van der Waals surface area contributed by atoms with Crippen LogP contribution in [0.5, 0.6) is 5.88 Å². The van der Waals surface area contributed by atoms with Gasteiger partial charge in [0.2, 0.25) is 5.88 Å². The van der Waals surface area contributed by atoms with Crippen molar-refractivity contribution in [1.82, 2.24) is 9.97 Å². The Hall–Kier alpha value is -1.52. The Morgan fingerprint density at radius 2 is 2.20 bits per heavy atom. The van der Waals surface area contributed by atoms with E-state index in [-0.39, 0.29) is 6.10 Å². The van der Waals surface area contributed by atoms with Gasteiger partial charge in [-0.1, -0.05) is 19.8 Å². The van der Waals surface area contributed by atoms with Gasteiger partial charge in [0.25, 0.3) is 0 Å². The lowest BCUT2D eigenvalue weighted by Crippen LogP contribution is -2.22. The zero-order valence-electron chi connectivity index (χ0n) is 12.7. The van der Waals surface area contributed by atoms with Gasteiger partial charge >= 0.3 is 0 Å². The van der Waals surface area contributed by atoms with E-state index in [1.807, 2.05) is 13.8 Å². The summed E-state index contributed by atoms with van der Waals surface area (Å²) in [6.07, 6.45) is 6.82. The van der Waals surface area contributed by atoms with Crippen molar-refractivity contribution in [3.8, 4) is 5.88 Å². The molecule has 2 unspecified atom stereocenters. The summed E-state index contributed by atoms with van der Waals surface area (Å²) in [5, 5.41) is 3.36. The molecule has 0 aromatic carbocycles. The predicted molar refractivity (Wildman–Crippen MR) is 81.8 cm³/mol. The van der Waals surface area contributed by atoms with Crippen molar-refractivity contribution in [2.75, 3.05) is 17.6 Å². The van der Waals surface area contributed by atoms with E-state index in [2.05, 4.69) is 22.2 Å².